The van der Waals surface area contributed by atoms with Gasteiger partial charge in [0, 0.05) is 24.7 Å². The lowest BCUT2D eigenvalue weighted by Gasteiger charge is -1.92. The Bertz CT molecular complexity index is 416. The third kappa shape index (κ3) is 1.86. The van der Waals surface area contributed by atoms with Crippen LogP contribution in [-0.4, -0.2) is 16.8 Å². The average molecular weight is 207 g/mol. The molecule has 2 heterocycles. The van der Waals surface area contributed by atoms with Crippen LogP contribution in [0.3, 0.4) is 0 Å². The van der Waals surface area contributed by atoms with Gasteiger partial charge in [0.1, 0.15) is 5.69 Å². The molecule has 1 N–H and O–H groups in total. The van der Waals surface area contributed by atoms with Crippen molar-refractivity contribution in [2.75, 3.05) is 7.05 Å². The van der Waals surface area contributed by atoms with E-state index >= 15 is 0 Å². The molecule has 0 bridgehead atoms. The highest BCUT2D eigenvalue weighted by Gasteiger charge is 2.04. The van der Waals surface area contributed by atoms with Crippen molar-refractivity contribution in [1.29, 1.82) is 0 Å². The Balaban J connectivity index is 2.24. The highest BCUT2D eigenvalue weighted by Crippen LogP contribution is 2.26. The molecular formula is C10H13N3S. The van der Waals surface area contributed by atoms with Gasteiger partial charge in [0.05, 0.1) is 4.88 Å². The van der Waals surface area contributed by atoms with E-state index in [9.17, 15) is 0 Å². The van der Waals surface area contributed by atoms with Crippen LogP contribution in [0.1, 0.15) is 4.88 Å². The molecule has 2 aromatic heterocycles. The molecule has 0 saturated heterocycles. The highest BCUT2D eigenvalue weighted by molar-refractivity contribution is 7.15. The van der Waals surface area contributed by atoms with E-state index in [0.29, 0.717) is 0 Å². The number of hydrogen-bond donors (Lipinski definition) is 1. The van der Waals surface area contributed by atoms with Gasteiger partial charge >= 0.3 is 0 Å². The molecule has 0 radical (unpaired) electrons. The zero-order valence-corrected chi connectivity index (χ0v) is 9.14. The molecule has 2 rings (SSSR count). The minimum atomic E-state index is 0.928. The Hall–Kier alpha value is -1.13. The number of nitrogens with zero attached hydrogens (tertiary/aromatic N) is 2. The third-order valence-electron chi connectivity index (χ3n) is 1.98. The van der Waals surface area contributed by atoms with Crippen molar-refractivity contribution < 1.29 is 0 Å². The molecule has 3 nitrogen and oxygen atoms in total. The Morgan fingerprint density at radius 3 is 2.93 bits per heavy atom. The maximum absolute atomic E-state index is 4.36. The van der Waals surface area contributed by atoms with Crippen LogP contribution in [0.15, 0.2) is 24.4 Å². The Labute approximate surface area is 87.4 Å². The predicted molar refractivity (Wildman–Crippen MR) is 59.3 cm³/mol. The number of thiophene rings is 1. The molecule has 2 aromatic rings. The molecule has 0 amide bonds. The monoisotopic (exact) mass is 207 g/mol. The zero-order chi connectivity index (χ0) is 9.97. The molecular weight excluding hydrogens is 194 g/mol. The summed E-state index contributed by atoms with van der Waals surface area (Å²) in [6, 6.07) is 6.31. The van der Waals surface area contributed by atoms with Crippen molar-refractivity contribution in [2.45, 2.75) is 6.54 Å². The van der Waals surface area contributed by atoms with Crippen molar-refractivity contribution in [3.05, 3.63) is 29.3 Å². The second kappa shape index (κ2) is 3.94. The molecule has 0 aliphatic heterocycles. The maximum Gasteiger partial charge on any atom is 0.102 e. The third-order valence-corrected chi connectivity index (χ3v) is 3.09. The summed E-state index contributed by atoms with van der Waals surface area (Å²) >= 11 is 1.79. The molecule has 0 saturated carbocycles. The number of nitrogens with one attached hydrogen (secondary N) is 1. The van der Waals surface area contributed by atoms with Crippen molar-refractivity contribution in [2.24, 2.45) is 7.05 Å². The van der Waals surface area contributed by atoms with Crippen molar-refractivity contribution in [3.63, 3.8) is 0 Å². The summed E-state index contributed by atoms with van der Waals surface area (Å²) in [7, 11) is 3.89. The van der Waals surface area contributed by atoms with Gasteiger partial charge < -0.3 is 5.32 Å². The molecule has 74 valence electrons. The predicted octanol–water partition coefficient (Wildman–Crippen LogP) is 1.87. The summed E-state index contributed by atoms with van der Waals surface area (Å²) in [5.74, 6) is 0. The fourth-order valence-electron chi connectivity index (χ4n) is 1.33. The Morgan fingerprint density at radius 2 is 2.29 bits per heavy atom. The van der Waals surface area contributed by atoms with Crippen LogP contribution in [0.2, 0.25) is 0 Å². The van der Waals surface area contributed by atoms with Gasteiger partial charge in [-0.3, -0.25) is 4.68 Å². The Morgan fingerprint density at radius 1 is 1.43 bits per heavy atom. The first-order valence-corrected chi connectivity index (χ1v) is 5.34. The first-order valence-electron chi connectivity index (χ1n) is 4.53. The van der Waals surface area contributed by atoms with E-state index in [-0.39, 0.29) is 0 Å². The maximum atomic E-state index is 4.36. The van der Waals surface area contributed by atoms with Gasteiger partial charge in [0.25, 0.3) is 0 Å². The molecule has 4 heteroatoms. The van der Waals surface area contributed by atoms with Gasteiger partial charge in [-0.1, -0.05) is 0 Å². The molecule has 0 aromatic carbocycles. The molecule has 0 spiro atoms. The number of aryl methyl sites for hydroxylation is 1. The van der Waals surface area contributed by atoms with Crippen molar-refractivity contribution in [1.82, 2.24) is 15.1 Å². The number of aromatic nitrogens is 2. The summed E-state index contributed by atoms with van der Waals surface area (Å²) < 4.78 is 1.83. The summed E-state index contributed by atoms with van der Waals surface area (Å²) in [6.45, 7) is 0.928. The van der Waals surface area contributed by atoms with E-state index in [0.717, 1.165) is 12.2 Å². The van der Waals surface area contributed by atoms with Crippen molar-refractivity contribution >= 4 is 11.3 Å². The molecule has 0 aliphatic carbocycles. The second-order valence-electron chi connectivity index (χ2n) is 3.17. The SMILES string of the molecule is CNCc1ccc(-c2ccn(C)n2)s1. The first kappa shape index (κ1) is 9.43. The first-order chi connectivity index (χ1) is 6.79. The number of rotatable bonds is 3. The molecule has 0 aliphatic rings. The van der Waals surface area contributed by atoms with Crippen LogP contribution in [-0.2, 0) is 13.6 Å². The van der Waals surface area contributed by atoms with Gasteiger partial charge in [-0.05, 0) is 25.2 Å². The zero-order valence-electron chi connectivity index (χ0n) is 8.32. The fourth-order valence-corrected chi connectivity index (χ4v) is 2.32. The fraction of sp³-hybridized carbons (Fsp3) is 0.300. The van der Waals surface area contributed by atoms with E-state index in [1.54, 1.807) is 11.3 Å². The molecule has 0 atom stereocenters. The molecule has 0 unspecified atom stereocenters. The van der Waals surface area contributed by atoms with E-state index in [1.807, 2.05) is 31.0 Å². The van der Waals surface area contributed by atoms with Gasteiger partial charge in [0.2, 0.25) is 0 Å². The largest absolute Gasteiger partial charge is 0.315 e. The minimum absolute atomic E-state index is 0.928. The average Bonchev–Trinajstić information content (AvgIpc) is 2.74. The van der Waals surface area contributed by atoms with Crippen LogP contribution in [0.4, 0.5) is 0 Å². The van der Waals surface area contributed by atoms with Crippen LogP contribution in [0.5, 0.6) is 0 Å². The van der Waals surface area contributed by atoms with Crippen LogP contribution in [0, 0.1) is 0 Å². The topological polar surface area (TPSA) is 29.9 Å². The summed E-state index contributed by atoms with van der Waals surface area (Å²) in [4.78, 5) is 2.57. The Kier molecular flexibility index (Phi) is 2.65. The summed E-state index contributed by atoms with van der Waals surface area (Å²) in [5, 5.41) is 7.50. The van der Waals surface area contributed by atoms with Gasteiger partial charge in [-0.2, -0.15) is 5.10 Å². The van der Waals surface area contributed by atoms with E-state index in [1.165, 1.54) is 9.75 Å². The van der Waals surface area contributed by atoms with E-state index < -0.39 is 0 Å². The van der Waals surface area contributed by atoms with Gasteiger partial charge in [-0.25, -0.2) is 0 Å². The van der Waals surface area contributed by atoms with Gasteiger partial charge in [0.15, 0.2) is 0 Å². The van der Waals surface area contributed by atoms with Gasteiger partial charge in [-0.15, -0.1) is 11.3 Å². The summed E-state index contributed by atoms with van der Waals surface area (Å²) in [5.41, 5.74) is 1.06. The lowest BCUT2D eigenvalue weighted by molar-refractivity contribution is 0.771. The van der Waals surface area contributed by atoms with Crippen LogP contribution >= 0.6 is 11.3 Å². The smallest absolute Gasteiger partial charge is 0.102 e. The van der Waals surface area contributed by atoms with Crippen LogP contribution < -0.4 is 5.32 Å². The lowest BCUT2D eigenvalue weighted by Crippen LogP contribution is -2.02. The second-order valence-corrected chi connectivity index (χ2v) is 4.34. The van der Waals surface area contributed by atoms with E-state index in [2.05, 4.69) is 22.5 Å². The molecule has 0 fully saturated rings. The minimum Gasteiger partial charge on any atom is -0.315 e. The number of hydrogen-bond acceptors (Lipinski definition) is 3. The van der Waals surface area contributed by atoms with Crippen LogP contribution in [0.25, 0.3) is 10.6 Å². The highest BCUT2D eigenvalue weighted by atomic mass is 32.1. The van der Waals surface area contributed by atoms with Crippen molar-refractivity contribution in [3.8, 4) is 10.6 Å². The normalized spacial score (nSPS) is 10.7. The van der Waals surface area contributed by atoms with E-state index in [4.69, 9.17) is 0 Å². The quantitative estimate of drug-likeness (QED) is 0.832. The lowest BCUT2D eigenvalue weighted by atomic mass is 10.3. The standard InChI is InChI=1S/C10H13N3S/c1-11-7-8-3-4-10(14-8)9-5-6-13(2)12-9/h3-6,11H,7H2,1-2H3. The molecule has 14 heavy (non-hydrogen) atoms. The summed E-state index contributed by atoms with van der Waals surface area (Å²) in [6.07, 6.45) is 1.97.